The third-order valence-corrected chi connectivity index (χ3v) is 3.46. The second-order valence-corrected chi connectivity index (χ2v) is 5.37. The van der Waals surface area contributed by atoms with Crippen LogP contribution in [-0.4, -0.2) is 12.4 Å². The van der Waals surface area contributed by atoms with E-state index in [4.69, 9.17) is 0 Å². The Labute approximate surface area is 147 Å². The van der Waals surface area contributed by atoms with Gasteiger partial charge in [0.1, 0.15) is 34.6 Å². The Morgan fingerprint density at radius 2 is 0.923 bits per heavy atom. The molecule has 130 valence electrons. The van der Waals surface area contributed by atoms with E-state index in [1.165, 1.54) is 12.4 Å². The minimum Gasteiger partial charge on any atom is -0.253 e. The number of hydrogen-bond acceptors (Lipinski definition) is 2. The minimum atomic E-state index is -0.622. The van der Waals surface area contributed by atoms with Gasteiger partial charge in [-0.15, -0.1) is 0 Å². The van der Waals surface area contributed by atoms with Crippen LogP contribution < -0.4 is 0 Å². The number of aliphatic imine (C=N–C) groups is 2. The average Bonchev–Trinajstić information content (AvgIpc) is 2.64. The lowest BCUT2D eigenvalue weighted by Crippen LogP contribution is -1.86. The van der Waals surface area contributed by atoms with E-state index in [-0.39, 0.29) is 11.4 Å². The molecule has 0 amide bonds. The summed E-state index contributed by atoms with van der Waals surface area (Å²) in [5, 5.41) is 0. The van der Waals surface area contributed by atoms with Gasteiger partial charge >= 0.3 is 0 Å². The van der Waals surface area contributed by atoms with Crippen molar-refractivity contribution in [3.8, 4) is 0 Å². The molecule has 0 N–H and O–H groups in total. The van der Waals surface area contributed by atoms with E-state index in [9.17, 15) is 17.6 Å². The largest absolute Gasteiger partial charge is 0.253 e. The molecule has 3 aromatic rings. The standard InChI is InChI=1S/C20H12F4N2/c21-15-5-7-17(23)19(9-15)25-11-13-1-2-14(4-3-13)12-26-20-10-16(22)6-8-18(20)24/h1-12H. The molecule has 0 fully saturated rings. The topological polar surface area (TPSA) is 24.7 Å². The normalized spacial score (nSPS) is 11.5. The quantitative estimate of drug-likeness (QED) is 0.420. The predicted octanol–water partition coefficient (Wildman–Crippen LogP) is 5.74. The molecule has 0 radical (unpaired) electrons. The number of halogens is 4. The summed E-state index contributed by atoms with van der Waals surface area (Å²) in [5.74, 6) is -2.39. The molecule has 6 heteroatoms. The molecule has 0 spiro atoms. The van der Waals surface area contributed by atoms with Crippen molar-refractivity contribution in [1.82, 2.24) is 0 Å². The molecule has 2 nitrogen and oxygen atoms in total. The average molecular weight is 356 g/mol. The highest BCUT2D eigenvalue weighted by Gasteiger charge is 2.02. The van der Waals surface area contributed by atoms with Gasteiger partial charge in [0.25, 0.3) is 0 Å². The highest BCUT2D eigenvalue weighted by Crippen LogP contribution is 2.20. The van der Waals surface area contributed by atoms with Crippen LogP contribution in [0.15, 0.2) is 70.6 Å². The van der Waals surface area contributed by atoms with Crippen molar-refractivity contribution in [2.75, 3.05) is 0 Å². The van der Waals surface area contributed by atoms with Crippen LogP contribution >= 0.6 is 0 Å². The summed E-state index contributed by atoms with van der Waals surface area (Å²) in [4.78, 5) is 7.83. The van der Waals surface area contributed by atoms with E-state index in [2.05, 4.69) is 9.98 Å². The monoisotopic (exact) mass is 356 g/mol. The van der Waals surface area contributed by atoms with Crippen molar-refractivity contribution in [3.05, 3.63) is 95.1 Å². The number of rotatable bonds is 4. The van der Waals surface area contributed by atoms with Crippen LogP contribution in [0.25, 0.3) is 0 Å². The second kappa shape index (κ2) is 7.74. The van der Waals surface area contributed by atoms with Crippen molar-refractivity contribution in [2.24, 2.45) is 9.98 Å². The highest BCUT2D eigenvalue weighted by molar-refractivity contribution is 5.86. The Morgan fingerprint density at radius 1 is 0.538 bits per heavy atom. The van der Waals surface area contributed by atoms with Crippen LogP contribution in [0, 0.1) is 23.3 Å². The first-order valence-electron chi connectivity index (χ1n) is 7.59. The summed E-state index contributed by atoms with van der Waals surface area (Å²) in [6, 6.07) is 12.8. The van der Waals surface area contributed by atoms with Gasteiger partial charge < -0.3 is 0 Å². The zero-order valence-corrected chi connectivity index (χ0v) is 13.3. The van der Waals surface area contributed by atoms with E-state index in [0.29, 0.717) is 11.1 Å². The molecule has 0 heterocycles. The number of benzene rings is 3. The van der Waals surface area contributed by atoms with Crippen molar-refractivity contribution in [1.29, 1.82) is 0 Å². The van der Waals surface area contributed by atoms with Crippen LogP contribution in [-0.2, 0) is 0 Å². The third-order valence-electron chi connectivity index (χ3n) is 3.46. The minimum absolute atomic E-state index is 0.0998. The Hall–Kier alpha value is -3.28. The van der Waals surface area contributed by atoms with Crippen molar-refractivity contribution in [3.63, 3.8) is 0 Å². The summed E-state index contributed by atoms with van der Waals surface area (Å²) >= 11 is 0. The predicted molar refractivity (Wildman–Crippen MR) is 93.7 cm³/mol. The summed E-state index contributed by atoms with van der Waals surface area (Å²) in [7, 11) is 0. The van der Waals surface area contributed by atoms with E-state index >= 15 is 0 Å². The fourth-order valence-corrected chi connectivity index (χ4v) is 2.13. The zero-order valence-electron chi connectivity index (χ0n) is 13.3. The van der Waals surface area contributed by atoms with Gasteiger partial charge in [-0.3, -0.25) is 9.98 Å². The number of nitrogens with zero attached hydrogens (tertiary/aromatic N) is 2. The van der Waals surface area contributed by atoms with Gasteiger partial charge in [-0.25, -0.2) is 17.6 Å². The van der Waals surface area contributed by atoms with Gasteiger partial charge in [0.15, 0.2) is 0 Å². The Bertz CT molecular complexity index is 899. The van der Waals surface area contributed by atoms with Gasteiger partial charge in [0.2, 0.25) is 0 Å². The molecular formula is C20H12F4N2. The van der Waals surface area contributed by atoms with Gasteiger partial charge in [0, 0.05) is 24.6 Å². The van der Waals surface area contributed by atoms with Crippen molar-refractivity contribution in [2.45, 2.75) is 0 Å². The second-order valence-electron chi connectivity index (χ2n) is 5.37. The van der Waals surface area contributed by atoms with Crippen LogP contribution in [0.4, 0.5) is 28.9 Å². The maximum atomic E-state index is 13.5. The molecule has 0 aliphatic rings. The van der Waals surface area contributed by atoms with Gasteiger partial charge in [0.05, 0.1) is 0 Å². The maximum Gasteiger partial charge on any atom is 0.149 e. The molecule has 0 bridgehead atoms. The fraction of sp³-hybridized carbons (Fsp3) is 0. The first-order valence-corrected chi connectivity index (χ1v) is 7.59. The lowest BCUT2D eigenvalue weighted by molar-refractivity contribution is 0.602. The first-order chi connectivity index (χ1) is 12.5. The fourth-order valence-electron chi connectivity index (χ4n) is 2.13. The Balaban J connectivity index is 1.74. The van der Waals surface area contributed by atoms with Gasteiger partial charge in [-0.05, 0) is 35.4 Å². The Morgan fingerprint density at radius 3 is 1.31 bits per heavy atom. The summed E-state index contributed by atoms with van der Waals surface area (Å²) < 4.78 is 53.2. The van der Waals surface area contributed by atoms with Crippen molar-refractivity contribution >= 4 is 23.8 Å². The summed E-state index contributed by atoms with van der Waals surface area (Å²) in [6.07, 6.45) is 2.79. The van der Waals surface area contributed by atoms with Crippen molar-refractivity contribution < 1.29 is 17.6 Å². The zero-order chi connectivity index (χ0) is 18.5. The number of hydrogen-bond donors (Lipinski definition) is 0. The van der Waals surface area contributed by atoms with E-state index in [0.717, 1.165) is 36.4 Å². The van der Waals surface area contributed by atoms with Crippen LogP contribution in [0.3, 0.4) is 0 Å². The Kier molecular flexibility index (Phi) is 5.22. The van der Waals surface area contributed by atoms with Gasteiger partial charge in [-0.1, -0.05) is 24.3 Å². The molecule has 0 aromatic heterocycles. The lowest BCUT2D eigenvalue weighted by Gasteiger charge is -1.99. The molecule has 0 atom stereocenters. The SMILES string of the molecule is Fc1ccc(F)c(N=Cc2ccc(C=Nc3cc(F)ccc3F)cc2)c1. The van der Waals surface area contributed by atoms with E-state index in [1.54, 1.807) is 24.3 Å². The summed E-state index contributed by atoms with van der Waals surface area (Å²) in [5.41, 5.74) is 1.11. The molecule has 26 heavy (non-hydrogen) atoms. The molecule has 0 saturated carbocycles. The molecule has 0 aliphatic heterocycles. The summed E-state index contributed by atoms with van der Waals surface area (Å²) in [6.45, 7) is 0. The van der Waals surface area contributed by atoms with Crippen LogP contribution in [0.5, 0.6) is 0 Å². The van der Waals surface area contributed by atoms with Crippen LogP contribution in [0.2, 0.25) is 0 Å². The molecule has 0 aliphatic carbocycles. The maximum absolute atomic E-state index is 13.5. The highest BCUT2D eigenvalue weighted by atomic mass is 19.1. The molecule has 3 aromatic carbocycles. The van der Waals surface area contributed by atoms with E-state index < -0.39 is 23.3 Å². The third kappa shape index (κ3) is 4.42. The molecule has 0 saturated heterocycles. The van der Waals surface area contributed by atoms with Gasteiger partial charge in [-0.2, -0.15) is 0 Å². The molecule has 0 unspecified atom stereocenters. The van der Waals surface area contributed by atoms with Crippen LogP contribution in [0.1, 0.15) is 11.1 Å². The lowest BCUT2D eigenvalue weighted by atomic mass is 10.1. The first kappa shape index (κ1) is 17.5. The molecule has 3 rings (SSSR count). The smallest absolute Gasteiger partial charge is 0.149 e. The van der Waals surface area contributed by atoms with E-state index in [1.807, 2.05) is 0 Å². The molecular weight excluding hydrogens is 344 g/mol.